The Kier molecular flexibility index (Phi) is 13.9. The van der Waals surface area contributed by atoms with Crippen LogP contribution in [-0.2, 0) is 6.18 Å². The molecule has 0 aliphatic carbocycles. The van der Waals surface area contributed by atoms with E-state index in [9.17, 15) is 48.3 Å². The highest BCUT2D eigenvalue weighted by molar-refractivity contribution is 5.73. The Labute approximate surface area is 227 Å². The number of alkyl halides is 3. The van der Waals surface area contributed by atoms with Crippen LogP contribution in [0.15, 0.2) is 0 Å². The van der Waals surface area contributed by atoms with Crippen LogP contribution in [0.3, 0.4) is 0 Å². The first-order chi connectivity index (χ1) is 18.6. The van der Waals surface area contributed by atoms with Crippen molar-refractivity contribution >= 4 is 0 Å². The van der Waals surface area contributed by atoms with E-state index >= 15 is 0 Å². The third kappa shape index (κ3) is 8.57. The lowest BCUT2D eigenvalue weighted by molar-refractivity contribution is -0.139. The van der Waals surface area contributed by atoms with Gasteiger partial charge in [0.2, 0.25) is 5.82 Å². The summed E-state index contributed by atoms with van der Waals surface area (Å²) < 4.78 is 146. The second-order valence-corrected chi connectivity index (χ2v) is 9.71. The van der Waals surface area contributed by atoms with Gasteiger partial charge in [0.15, 0.2) is 40.7 Å². The first kappa shape index (κ1) is 35.7. The van der Waals surface area contributed by atoms with Gasteiger partial charge in [-0.3, -0.25) is 0 Å². The summed E-state index contributed by atoms with van der Waals surface area (Å²) in [5.74, 6) is -19.4. The summed E-state index contributed by atoms with van der Waals surface area (Å²) in [5, 5.41) is 3.51. The molecule has 0 heterocycles. The third-order valence-electron chi connectivity index (χ3n) is 6.56. The molecule has 0 aliphatic heterocycles. The predicted molar refractivity (Wildman–Crippen MR) is 132 cm³/mol. The molecule has 12 heteroatoms. The van der Waals surface area contributed by atoms with Gasteiger partial charge < -0.3 is 5.32 Å². The predicted octanol–water partition coefficient (Wildman–Crippen LogP) is 10.0. The zero-order valence-corrected chi connectivity index (χ0v) is 23.0. The Morgan fingerprint density at radius 3 is 1.57 bits per heavy atom. The van der Waals surface area contributed by atoms with Crippen LogP contribution in [0.2, 0.25) is 0 Å². The van der Waals surface area contributed by atoms with E-state index in [-0.39, 0.29) is 0 Å². The van der Waals surface area contributed by atoms with Gasteiger partial charge in [0.05, 0.1) is 5.56 Å². The Hall–Kier alpha value is -2.37. The van der Waals surface area contributed by atoms with Gasteiger partial charge in [-0.25, -0.2) is 35.1 Å². The molecule has 0 saturated heterocycles. The van der Waals surface area contributed by atoms with Crippen LogP contribution in [-0.4, -0.2) is 13.1 Å². The highest BCUT2D eigenvalue weighted by Gasteiger charge is 2.43. The number of hydrogen-bond donors (Lipinski definition) is 1. The van der Waals surface area contributed by atoms with Crippen LogP contribution in [0.1, 0.15) is 77.3 Å². The Morgan fingerprint density at radius 2 is 1.12 bits per heavy atom. The molecular formula is C28H34F11N. The van der Waals surface area contributed by atoms with Gasteiger partial charge >= 0.3 is 6.18 Å². The highest BCUT2D eigenvalue weighted by atomic mass is 19.4. The quantitative estimate of drug-likeness (QED) is 0.118. The van der Waals surface area contributed by atoms with Gasteiger partial charge in [-0.1, -0.05) is 53.4 Å². The Bertz CT molecular complexity index is 1100. The second kappa shape index (κ2) is 15.6. The average molecular weight is 594 g/mol. The number of halogens is 11. The summed E-state index contributed by atoms with van der Waals surface area (Å²) in [6, 6.07) is 0. The van der Waals surface area contributed by atoms with Gasteiger partial charge in [-0.05, 0) is 50.3 Å². The van der Waals surface area contributed by atoms with E-state index in [1.165, 1.54) is 51.6 Å². The normalized spacial score (nSPS) is 13.2. The van der Waals surface area contributed by atoms with Crippen LogP contribution in [0.5, 0.6) is 0 Å². The molecule has 0 fully saturated rings. The first-order valence-electron chi connectivity index (χ1n) is 13.0. The van der Waals surface area contributed by atoms with Gasteiger partial charge in [-0.15, -0.1) is 0 Å². The molecule has 0 bridgehead atoms. The largest absolute Gasteiger partial charge is 0.419 e. The molecule has 2 atom stereocenters. The minimum absolute atomic E-state index is 0.362. The smallest absolute Gasteiger partial charge is 0.316 e. The van der Waals surface area contributed by atoms with Crippen molar-refractivity contribution in [3.05, 3.63) is 57.7 Å². The van der Waals surface area contributed by atoms with Crippen molar-refractivity contribution in [2.75, 3.05) is 13.1 Å². The minimum atomic E-state index is -5.83. The first-order valence-corrected chi connectivity index (χ1v) is 13.0. The van der Waals surface area contributed by atoms with Crippen molar-refractivity contribution in [3.8, 4) is 11.1 Å². The lowest BCUT2D eigenvalue weighted by Crippen LogP contribution is -2.22. The molecule has 1 nitrogen and oxygen atoms in total. The lowest BCUT2D eigenvalue weighted by atomic mass is 9.91. The van der Waals surface area contributed by atoms with Crippen LogP contribution in [0, 0.1) is 65.3 Å². The van der Waals surface area contributed by atoms with Gasteiger partial charge in [-0.2, -0.15) is 13.2 Å². The number of nitrogens with one attached hydrogen (secondary N) is 1. The van der Waals surface area contributed by atoms with Gasteiger partial charge in [0, 0.05) is 5.56 Å². The van der Waals surface area contributed by atoms with E-state index in [2.05, 4.69) is 33.0 Å². The van der Waals surface area contributed by atoms with E-state index in [1.807, 2.05) is 0 Å². The Morgan fingerprint density at radius 1 is 0.625 bits per heavy atom. The van der Waals surface area contributed by atoms with Crippen molar-refractivity contribution < 1.29 is 48.3 Å². The molecule has 0 saturated carbocycles. The SMILES string of the molecule is CCCNCC(C)CCC(CC)CCC.Cc1c(F)c(F)c(F)c(C(F)(F)F)c1-c1c(F)c(F)c(F)c(F)c1F. The summed E-state index contributed by atoms with van der Waals surface area (Å²) >= 11 is 0. The highest BCUT2D eigenvalue weighted by Crippen LogP contribution is 2.45. The summed E-state index contributed by atoms with van der Waals surface area (Å²) in [6.07, 6.45) is 2.38. The Balaban J connectivity index is 0.000000459. The van der Waals surface area contributed by atoms with Gasteiger partial charge in [0.1, 0.15) is 5.56 Å². The summed E-state index contributed by atoms with van der Waals surface area (Å²) in [4.78, 5) is 0. The van der Waals surface area contributed by atoms with Crippen molar-refractivity contribution in [1.82, 2.24) is 5.32 Å². The standard InChI is InChI=1S/C14H3F11.C14H31N/c1-2-3(4-7(16)11(20)13(22)12(21)8(4)17)5(14(23,24)25)9(18)10(19)6(2)15;1-5-8-14(7-3)10-9-13(4)12-15-11-6-2/h1H3;13-15H,5-12H2,1-4H3. The van der Waals surface area contributed by atoms with Crippen molar-refractivity contribution in [2.24, 2.45) is 11.8 Å². The summed E-state index contributed by atoms with van der Waals surface area (Å²) in [5.41, 5.74) is -8.45. The number of rotatable bonds is 11. The molecule has 0 aliphatic rings. The zero-order chi connectivity index (χ0) is 30.9. The molecule has 40 heavy (non-hydrogen) atoms. The van der Waals surface area contributed by atoms with Gasteiger partial charge in [0.25, 0.3) is 0 Å². The fraction of sp³-hybridized carbons (Fsp3) is 0.571. The molecule has 1 N–H and O–H groups in total. The zero-order valence-electron chi connectivity index (χ0n) is 23.0. The minimum Gasteiger partial charge on any atom is -0.316 e. The fourth-order valence-corrected chi connectivity index (χ4v) is 4.29. The molecule has 2 aromatic carbocycles. The molecule has 0 amide bonds. The third-order valence-corrected chi connectivity index (χ3v) is 6.56. The van der Waals surface area contributed by atoms with E-state index in [0.717, 1.165) is 11.8 Å². The maximum absolute atomic E-state index is 13.8. The molecule has 2 aromatic rings. The maximum Gasteiger partial charge on any atom is 0.419 e. The number of benzene rings is 2. The monoisotopic (exact) mass is 593 g/mol. The van der Waals surface area contributed by atoms with Crippen LogP contribution < -0.4 is 5.32 Å². The van der Waals surface area contributed by atoms with E-state index in [0.29, 0.717) is 6.92 Å². The van der Waals surface area contributed by atoms with E-state index < -0.39 is 75.0 Å². The van der Waals surface area contributed by atoms with Crippen LogP contribution in [0.4, 0.5) is 48.3 Å². The topological polar surface area (TPSA) is 12.0 Å². The molecule has 0 aromatic heterocycles. The second-order valence-electron chi connectivity index (χ2n) is 9.71. The maximum atomic E-state index is 13.8. The molecule has 0 spiro atoms. The molecular weight excluding hydrogens is 559 g/mol. The van der Waals surface area contributed by atoms with Crippen molar-refractivity contribution in [2.45, 2.75) is 79.3 Å². The van der Waals surface area contributed by atoms with Crippen molar-refractivity contribution in [1.29, 1.82) is 0 Å². The summed E-state index contributed by atoms with van der Waals surface area (Å²) in [7, 11) is 0. The van der Waals surface area contributed by atoms with Crippen molar-refractivity contribution in [3.63, 3.8) is 0 Å². The van der Waals surface area contributed by atoms with Crippen LogP contribution in [0.25, 0.3) is 11.1 Å². The van der Waals surface area contributed by atoms with E-state index in [4.69, 9.17) is 0 Å². The molecule has 2 rings (SSSR count). The lowest BCUT2D eigenvalue weighted by Gasteiger charge is -2.19. The van der Waals surface area contributed by atoms with E-state index in [1.54, 1.807) is 0 Å². The number of hydrogen-bond acceptors (Lipinski definition) is 1. The van der Waals surface area contributed by atoms with Crippen LogP contribution >= 0.6 is 0 Å². The fourth-order valence-electron chi connectivity index (χ4n) is 4.29. The molecule has 2 unspecified atom stereocenters. The average Bonchev–Trinajstić information content (AvgIpc) is 2.90. The summed E-state index contributed by atoms with van der Waals surface area (Å²) in [6.45, 7) is 12.0. The molecule has 228 valence electrons. The molecule has 0 radical (unpaired) electrons.